The summed E-state index contributed by atoms with van der Waals surface area (Å²) in [5.74, 6) is 2.39. The predicted octanol–water partition coefficient (Wildman–Crippen LogP) is 14.0. The van der Waals surface area contributed by atoms with Crippen LogP contribution in [0.25, 0.3) is 0 Å². The van der Waals surface area contributed by atoms with E-state index in [-0.39, 0.29) is 18.2 Å². The molecule has 3 aromatic rings. The Labute approximate surface area is 283 Å². The van der Waals surface area contributed by atoms with Crippen LogP contribution in [0.15, 0.2) is 71.2 Å². The van der Waals surface area contributed by atoms with Crippen LogP contribution in [0.5, 0.6) is 0 Å². The van der Waals surface area contributed by atoms with Gasteiger partial charge in [0, 0.05) is 4.47 Å². The number of hydrogen-bond acceptors (Lipinski definition) is 1. The van der Waals surface area contributed by atoms with Gasteiger partial charge < -0.3 is 5.11 Å². The fourth-order valence-corrected chi connectivity index (χ4v) is 3.67. The summed E-state index contributed by atoms with van der Waals surface area (Å²) >= 11 is 3.39. The van der Waals surface area contributed by atoms with Crippen LogP contribution in [0, 0.1) is 11.8 Å². The van der Waals surface area contributed by atoms with Crippen molar-refractivity contribution >= 4 is 15.9 Å². The van der Waals surface area contributed by atoms with E-state index < -0.39 is 29.4 Å². The summed E-state index contributed by atoms with van der Waals surface area (Å²) in [7, 11) is 0. The molecule has 1 nitrogen and oxygen atoms in total. The van der Waals surface area contributed by atoms with Crippen LogP contribution in [0.4, 0.5) is 26.3 Å². The van der Waals surface area contributed by atoms with Crippen molar-refractivity contribution in [2.24, 2.45) is 11.8 Å². The lowest BCUT2D eigenvalue weighted by Gasteiger charge is -2.15. The molecule has 0 saturated carbocycles. The molecule has 0 aliphatic carbocycles. The molecule has 0 aliphatic rings. The number of benzene rings is 3. The van der Waals surface area contributed by atoms with Crippen LogP contribution in [-0.4, -0.2) is 5.11 Å². The summed E-state index contributed by atoms with van der Waals surface area (Å²) in [6.45, 7) is 24.9. The highest BCUT2D eigenvalue weighted by Gasteiger charge is 2.37. The number of hydrogen-bond donors (Lipinski definition) is 1. The van der Waals surface area contributed by atoms with Gasteiger partial charge in [-0.25, -0.2) is 0 Å². The van der Waals surface area contributed by atoms with E-state index in [0.717, 1.165) is 34.0 Å². The maximum atomic E-state index is 12.4. The molecule has 46 heavy (non-hydrogen) atoms. The van der Waals surface area contributed by atoms with Crippen molar-refractivity contribution in [1.29, 1.82) is 0 Å². The zero-order chi connectivity index (χ0) is 36.4. The van der Waals surface area contributed by atoms with Gasteiger partial charge in [0.25, 0.3) is 0 Å². The van der Waals surface area contributed by atoms with Crippen molar-refractivity contribution in [2.45, 2.75) is 120 Å². The molecule has 0 bridgehead atoms. The Kier molecular flexibility index (Phi) is 22.2. The number of aliphatic hydroxyl groups is 1. The van der Waals surface area contributed by atoms with Gasteiger partial charge in [-0.2, -0.15) is 26.3 Å². The predicted molar refractivity (Wildman–Crippen MR) is 186 cm³/mol. The molecule has 0 saturated heterocycles. The van der Waals surface area contributed by atoms with E-state index in [9.17, 15) is 26.3 Å². The van der Waals surface area contributed by atoms with E-state index >= 15 is 0 Å². The molecule has 3 rings (SSSR count). The molecule has 0 heterocycles. The Hall–Kier alpha value is -2.32. The number of alkyl halides is 6. The van der Waals surface area contributed by atoms with Crippen molar-refractivity contribution in [3.8, 4) is 0 Å². The zero-order valence-electron chi connectivity index (χ0n) is 29.5. The first kappa shape index (κ1) is 45.8. The minimum absolute atomic E-state index is 0.0205. The van der Waals surface area contributed by atoms with E-state index in [4.69, 9.17) is 5.11 Å². The summed E-state index contributed by atoms with van der Waals surface area (Å²) in [5, 5.41) is 8.97. The molecular formula is C38H55BrF6O. The fraction of sp³-hybridized carbons (Fsp3) is 0.526. The van der Waals surface area contributed by atoms with Crippen LogP contribution in [0.1, 0.15) is 134 Å². The lowest BCUT2D eigenvalue weighted by atomic mass is 9.97. The van der Waals surface area contributed by atoms with Gasteiger partial charge in [0.15, 0.2) is 0 Å². The second-order valence-electron chi connectivity index (χ2n) is 13.2. The molecule has 0 aliphatic heterocycles. The highest BCUT2D eigenvalue weighted by molar-refractivity contribution is 9.10. The summed E-state index contributed by atoms with van der Waals surface area (Å²) in [6.07, 6.45) is -9.55. The summed E-state index contributed by atoms with van der Waals surface area (Å²) < 4.78 is 75.7. The van der Waals surface area contributed by atoms with Gasteiger partial charge in [0.05, 0.1) is 17.7 Å². The van der Waals surface area contributed by atoms with E-state index in [0.29, 0.717) is 11.8 Å². The monoisotopic (exact) mass is 720 g/mol. The van der Waals surface area contributed by atoms with E-state index in [1.807, 2.05) is 18.2 Å². The van der Waals surface area contributed by atoms with Crippen LogP contribution >= 0.6 is 15.9 Å². The molecule has 0 spiro atoms. The lowest BCUT2D eigenvalue weighted by Crippen LogP contribution is -2.12. The maximum absolute atomic E-state index is 12.4. The minimum atomic E-state index is -4.77. The zero-order valence-corrected chi connectivity index (χ0v) is 31.1. The van der Waals surface area contributed by atoms with Crippen molar-refractivity contribution < 1.29 is 31.4 Å². The van der Waals surface area contributed by atoms with Crippen molar-refractivity contribution in [3.63, 3.8) is 0 Å². The Morgan fingerprint density at radius 3 is 1.20 bits per heavy atom. The minimum Gasteiger partial charge on any atom is -0.392 e. The average Bonchev–Trinajstić information content (AvgIpc) is 2.92. The largest absolute Gasteiger partial charge is 0.416 e. The summed E-state index contributed by atoms with van der Waals surface area (Å²) in [5.41, 5.74) is 1.17. The highest BCUT2D eigenvalue weighted by Crippen LogP contribution is 2.37. The van der Waals surface area contributed by atoms with Gasteiger partial charge in [-0.1, -0.05) is 135 Å². The molecule has 0 radical (unpaired) electrons. The standard InChI is InChI=1S/C11H10F6.C10H14O.C9H11Br.2C4H10/c1-6(2)7-3-8(10(12,13)14)5-9(4-7)11(15,16)17;1-8(2)10-6-4-3-5-9(10)7-11;1-7(2)8-3-5-9(10)6-4-8;2*1-4(2)3/h3-6H,1-2H3;3-6,8,11H,7H2,1-2H3;3-7H,1-2H3;2*4H,1-3H3. The number of aliphatic hydroxyl groups excluding tert-OH is 1. The molecule has 0 atom stereocenters. The Morgan fingerprint density at radius 2 is 0.913 bits per heavy atom. The molecule has 262 valence electrons. The quantitative estimate of drug-likeness (QED) is 0.266. The SMILES string of the molecule is CC(C)C.CC(C)C.CC(C)c1cc(C(F)(F)F)cc(C(F)(F)F)c1.CC(C)c1ccc(Br)cc1.CC(C)c1ccccc1CO. The van der Waals surface area contributed by atoms with E-state index in [1.54, 1.807) is 0 Å². The van der Waals surface area contributed by atoms with Crippen LogP contribution in [0.3, 0.4) is 0 Å². The lowest BCUT2D eigenvalue weighted by molar-refractivity contribution is -0.143. The van der Waals surface area contributed by atoms with Gasteiger partial charge in [-0.15, -0.1) is 0 Å². The third-order valence-electron chi connectivity index (χ3n) is 5.66. The first-order chi connectivity index (χ1) is 20.9. The molecule has 0 fully saturated rings. The molecule has 0 aromatic heterocycles. The normalized spacial score (nSPS) is 11.2. The maximum Gasteiger partial charge on any atom is 0.416 e. The van der Waals surface area contributed by atoms with Gasteiger partial charge in [-0.05, 0) is 82.2 Å². The van der Waals surface area contributed by atoms with E-state index in [2.05, 4.69) is 115 Å². The van der Waals surface area contributed by atoms with Crippen LogP contribution < -0.4 is 0 Å². The average molecular weight is 722 g/mol. The number of halogens is 7. The fourth-order valence-electron chi connectivity index (χ4n) is 3.40. The molecule has 0 amide bonds. The molecule has 3 aromatic carbocycles. The molecule has 1 N–H and O–H groups in total. The summed E-state index contributed by atoms with van der Waals surface area (Å²) in [6, 6.07) is 18.1. The summed E-state index contributed by atoms with van der Waals surface area (Å²) in [4.78, 5) is 0. The Morgan fingerprint density at radius 1 is 0.543 bits per heavy atom. The third-order valence-corrected chi connectivity index (χ3v) is 6.19. The smallest absolute Gasteiger partial charge is 0.392 e. The van der Waals surface area contributed by atoms with Gasteiger partial charge in [0.2, 0.25) is 0 Å². The van der Waals surface area contributed by atoms with Crippen molar-refractivity contribution in [1.82, 2.24) is 0 Å². The van der Waals surface area contributed by atoms with Gasteiger partial charge in [-0.3, -0.25) is 0 Å². The molecule has 8 heteroatoms. The van der Waals surface area contributed by atoms with Crippen LogP contribution in [0.2, 0.25) is 0 Å². The molecular weight excluding hydrogens is 666 g/mol. The van der Waals surface area contributed by atoms with Gasteiger partial charge >= 0.3 is 12.4 Å². The highest BCUT2D eigenvalue weighted by atomic mass is 79.9. The molecule has 0 unspecified atom stereocenters. The first-order valence-electron chi connectivity index (χ1n) is 15.7. The second-order valence-corrected chi connectivity index (χ2v) is 14.1. The van der Waals surface area contributed by atoms with Crippen molar-refractivity contribution in [3.05, 3.63) is 105 Å². The van der Waals surface area contributed by atoms with Crippen molar-refractivity contribution in [2.75, 3.05) is 0 Å². The Balaban J connectivity index is 0. The van der Waals surface area contributed by atoms with Gasteiger partial charge in [0.1, 0.15) is 0 Å². The first-order valence-corrected chi connectivity index (χ1v) is 16.5. The second kappa shape index (κ2) is 22.3. The Bertz CT molecular complexity index is 1170. The van der Waals surface area contributed by atoms with Crippen LogP contribution in [-0.2, 0) is 19.0 Å². The topological polar surface area (TPSA) is 20.2 Å². The third kappa shape index (κ3) is 21.5. The van der Waals surface area contributed by atoms with E-state index in [1.165, 1.54) is 25.0 Å². The number of rotatable bonds is 4.